The van der Waals surface area contributed by atoms with E-state index in [9.17, 15) is 4.79 Å². The molecule has 0 amide bonds. The minimum Gasteiger partial charge on any atom is -0.480 e. The van der Waals surface area contributed by atoms with E-state index in [4.69, 9.17) is 9.84 Å². The van der Waals surface area contributed by atoms with Crippen LogP contribution in [0.1, 0.15) is 31.7 Å². The first-order valence-corrected chi connectivity index (χ1v) is 9.63. The molecule has 2 atom stereocenters. The molecule has 2 fully saturated rings. The smallest absolute Gasteiger partial charge is 0.329 e. The highest BCUT2D eigenvalue weighted by atomic mass is 16.5. The van der Waals surface area contributed by atoms with Gasteiger partial charge in [-0.3, -0.25) is 0 Å². The molecular formula is C21H30N2O3. The summed E-state index contributed by atoms with van der Waals surface area (Å²) < 4.78 is 5.13. The third kappa shape index (κ3) is 5.94. The number of rotatable bonds is 9. The van der Waals surface area contributed by atoms with Crippen LogP contribution in [0, 0.1) is 5.92 Å². The summed E-state index contributed by atoms with van der Waals surface area (Å²) in [6.45, 7) is 5.49. The second kappa shape index (κ2) is 9.31. The molecule has 5 heteroatoms. The maximum Gasteiger partial charge on any atom is 0.329 e. The summed E-state index contributed by atoms with van der Waals surface area (Å²) in [6, 6.07) is 11.8. The van der Waals surface area contributed by atoms with E-state index in [2.05, 4.69) is 53.5 Å². The molecule has 0 spiro atoms. The molecule has 2 aliphatic rings. The van der Waals surface area contributed by atoms with E-state index in [1.807, 2.05) is 0 Å². The SMILES string of the molecule is CC(=Cc1ccccc1)[C@@H]1C[C@H]1NC1CCN(CCOCC(=O)O)CC1. The number of nitrogens with one attached hydrogen (secondary N) is 1. The van der Waals surface area contributed by atoms with Gasteiger partial charge in [-0.15, -0.1) is 0 Å². The topological polar surface area (TPSA) is 61.8 Å². The number of nitrogens with zero attached hydrogens (tertiary/aromatic N) is 1. The van der Waals surface area contributed by atoms with Crippen LogP contribution >= 0.6 is 0 Å². The van der Waals surface area contributed by atoms with E-state index in [-0.39, 0.29) is 6.61 Å². The monoisotopic (exact) mass is 358 g/mol. The molecule has 1 heterocycles. The molecule has 0 aromatic heterocycles. The normalized spacial score (nSPS) is 24.6. The minimum atomic E-state index is -0.900. The van der Waals surface area contributed by atoms with Gasteiger partial charge in [-0.2, -0.15) is 0 Å². The van der Waals surface area contributed by atoms with Crippen molar-refractivity contribution in [3.8, 4) is 0 Å². The minimum absolute atomic E-state index is 0.197. The molecule has 5 nitrogen and oxygen atoms in total. The lowest BCUT2D eigenvalue weighted by Gasteiger charge is -2.32. The van der Waals surface area contributed by atoms with Crippen molar-refractivity contribution in [1.82, 2.24) is 10.2 Å². The molecule has 1 aromatic rings. The quantitative estimate of drug-likeness (QED) is 0.665. The van der Waals surface area contributed by atoms with Crippen molar-refractivity contribution in [2.24, 2.45) is 5.92 Å². The Morgan fingerprint density at radius 3 is 2.73 bits per heavy atom. The van der Waals surface area contributed by atoms with E-state index in [0.29, 0.717) is 24.6 Å². The number of carboxylic acids is 1. The first-order chi connectivity index (χ1) is 12.6. The zero-order valence-electron chi connectivity index (χ0n) is 15.6. The second-order valence-electron chi connectivity index (χ2n) is 7.48. The predicted molar refractivity (Wildman–Crippen MR) is 103 cm³/mol. The van der Waals surface area contributed by atoms with Gasteiger partial charge in [0.25, 0.3) is 0 Å². The lowest BCUT2D eigenvalue weighted by Crippen LogP contribution is -2.44. The summed E-state index contributed by atoms with van der Waals surface area (Å²) >= 11 is 0. The summed E-state index contributed by atoms with van der Waals surface area (Å²) in [4.78, 5) is 12.8. The van der Waals surface area contributed by atoms with Crippen LogP contribution in [0.4, 0.5) is 0 Å². The van der Waals surface area contributed by atoms with Gasteiger partial charge < -0.3 is 20.1 Å². The van der Waals surface area contributed by atoms with Gasteiger partial charge in [0.1, 0.15) is 6.61 Å². The number of aliphatic carboxylic acids is 1. The standard InChI is InChI=1S/C21H30N2O3/c1-16(13-17-5-3-2-4-6-17)19-14-20(19)22-18-7-9-23(10-8-18)11-12-26-15-21(24)25/h2-6,13,18-20,22H,7-12,14-15H2,1H3,(H,24,25)/t19-,20+/m0/s1. The summed E-state index contributed by atoms with van der Waals surface area (Å²) in [5.74, 6) is -0.221. The van der Waals surface area contributed by atoms with Crippen molar-refractivity contribution >= 4 is 12.0 Å². The van der Waals surface area contributed by atoms with Gasteiger partial charge in [-0.05, 0) is 50.8 Å². The molecule has 142 valence electrons. The van der Waals surface area contributed by atoms with Gasteiger partial charge in [-0.1, -0.05) is 42.0 Å². The second-order valence-corrected chi connectivity index (χ2v) is 7.48. The van der Waals surface area contributed by atoms with E-state index in [1.165, 1.54) is 17.6 Å². The van der Waals surface area contributed by atoms with Crippen molar-refractivity contribution in [3.63, 3.8) is 0 Å². The first-order valence-electron chi connectivity index (χ1n) is 9.63. The number of benzene rings is 1. The van der Waals surface area contributed by atoms with Gasteiger partial charge in [0.05, 0.1) is 6.61 Å². The van der Waals surface area contributed by atoms with E-state index < -0.39 is 5.97 Å². The van der Waals surface area contributed by atoms with Gasteiger partial charge in [0.15, 0.2) is 0 Å². The largest absolute Gasteiger partial charge is 0.480 e. The lowest BCUT2D eigenvalue weighted by molar-refractivity contribution is -0.142. The van der Waals surface area contributed by atoms with Crippen LogP contribution in [0.15, 0.2) is 35.9 Å². The van der Waals surface area contributed by atoms with Crippen molar-refractivity contribution in [2.75, 3.05) is 32.8 Å². The van der Waals surface area contributed by atoms with Gasteiger partial charge in [0.2, 0.25) is 0 Å². The summed E-state index contributed by atoms with van der Waals surface area (Å²) in [5, 5.41) is 12.4. The van der Waals surface area contributed by atoms with Crippen molar-refractivity contribution in [3.05, 3.63) is 41.5 Å². The molecule has 0 radical (unpaired) electrons. The molecule has 3 rings (SSSR count). The third-order valence-electron chi connectivity index (χ3n) is 5.38. The lowest BCUT2D eigenvalue weighted by atomic mass is 10.0. The Bertz CT molecular complexity index is 609. The van der Waals surface area contributed by atoms with Gasteiger partial charge in [-0.25, -0.2) is 4.79 Å². The summed E-state index contributed by atoms with van der Waals surface area (Å²) in [5.41, 5.74) is 2.76. The Morgan fingerprint density at radius 2 is 2.04 bits per heavy atom. The van der Waals surface area contributed by atoms with Crippen LogP contribution in [0.3, 0.4) is 0 Å². The molecule has 1 saturated carbocycles. The number of carbonyl (C=O) groups is 1. The Hall–Kier alpha value is -1.69. The van der Waals surface area contributed by atoms with Gasteiger partial charge >= 0.3 is 5.97 Å². The van der Waals surface area contributed by atoms with E-state index in [1.54, 1.807) is 0 Å². The van der Waals surface area contributed by atoms with E-state index >= 15 is 0 Å². The van der Waals surface area contributed by atoms with Crippen molar-refractivity contribution < 1.29 is 14.6 Å². The molecule has 26 heavy (non-hydrogen) atoms. The zero-order chi connectivity index (χ0) is 18.4. The number of piperidine rings is 1. The average molecular weight is 358 g/mol. The highest BCUT2D eigenvalue weighted by molar-refractivity contribution is 5.67. The number of carboxylic acid groups (broad SMARTS) is 1. The van der Waals surface area contributed by atoms with Crippen LogP contribution in [-0.2, 0) is 9.53 Å². The Kier molecular flexibility index (Phi) is 6.83. The molecule has 2 N–H and O–H groups in total. The van der Waals surface area contributed by atoms with E-state index in [0.717, 1.165) is 32.5 Å². The number of ether oxygens (including phenoxy) is 1. The highest BCUT2D eigenvalue weighted by Gasteiger charge is 2.39. The fourth-order valence-corrected chi connectivity index (χ4v) is 3.78. The molecule has 0 bridgehead atoms. The predicted octanol–water partition coefficient (Wildman–Crippen LogP) is 2.63. The number of hydrogen-bond acceptors (Lipinski definition) is 4. The van der Waals surface area contributed by atoms with Gasteiger partial charge in [0, 0.05) is 18.6 Å². The summed E-state index contributed by atoms with van der Waals surface area (Å²) in [7, 11) is 0. The molecule has 1 aromatic carbocycles. The van der Waals surface area contributed by atoms with Crippen LogP contribution in [0.25, 0.3) is 6.08 Å². The highest BCUT2D eigenvalue weighted by Crippen LogP contribution is 2.38. The molecular weight excluding hydrogens is 328 g/mol. The van der Waals surface area contributed by atoms with Crippen molar-refractivity contribution in [2.45, 2.75) is 38.3 Å². The molecule has 1 aliphatic heterocycles. The maximum atomic E-state index is 10.4. The van der Waals surface area contributed by atoms with Crippen LogP contribution in [-0.4, -0.2) is 60.9 Å². The first kappa shape index (κ1) is 19.1. The van der Waals surface area contributed by atoms with Crippen LogP contribution in [0.5, 0.6) is 0 Å². The van der Waals surface area contributed by atoms with Crippen molar-refractivity contribution in [1.29, 1.82) is 0 Å². The van der Waals surface area contributed by atoms with Crippen LogP contribution < -0.4 is 5.32 Å². The maximum absolute atomic E-state index is 10.4. The molecule has 0 unspecified atom stereocenters. The Labute approximate surface area is 156 Å². The van der Waals surface area contributed by atoms with Crippen LogP contribution in [0.2, 0.25) is 0 Å². The Morgan fingerprint density at radius 1 is 1.31 bits per heavy atom. The fourth-order valence-electron chi connectivity index (χ4n) is 3.78. The molecule has 1 aliphatic carbocycles. The fraction of sp³-hybridized carbons (Fsp3) is 0.571. The molecule has 1 saturated heterocycles. The third-order valence-corrected chi connectivity index (χ3v) is 5.38. The Balaban J connectivity index is 1.33. The zero-order valence-corrected chi connectivity index (χ0v) is 15.6. The number of likely N-dealkylation sites (tertiary alicyclic amines) is 1. The number of hydrogen-bond donors (Lipinski definition) is 2. The summed E-state index contributed by atoms with van der Waals surface area (Å²) in [6.07, 6.45) is 5.87. The average Bonchev–Trinajstić information content (AvgIpc) is 3.40.